The van der Waals surface area contributed by atoms with Gasteiger partial charge in [0.05, 0.1) is 0 Å². The van der Waals surface area contributed by atoms with Gasteiger partial charge >= 0.3 is 0 Å². The maximum absolute atomic E-state index is 13.0. The Balaban J connectivity index is 2.62. The van der Waals surface area contributed by atoms with Crippen LogP contribution in [0.1, 0.15) is 25.8 Å². The molecule has 16 heavy (non-hydrogen) atoms. The van der Waals surface area contributed by atoms with Gasteiger partial charge < -0.3 is 5.73 Å². The fraction of sp³-hybridized carbons (Fsp3) is 0.500. The van der Waals surface area contributed by atoms with E-state index < -0.39 is 10.8 Å². The summed E-state index contributed by atoms with van der Waals surface area (Å²) in [6.45, 7) is 4.14. The Hall–Kier alpha value is -0.900. The minimum absolute atomic E-state index is 0.365. The number of rotatable bonds is 5. The highest BCUT2D eigenvalue weighted by atomic mass is 32.2. The molecule has 0 aliphatic heterocycles. The van der Waals surface area contributed by atoms with Crippen LogP contribution in [0.4, 0.5) is 10.1 Å². The summed E-state index contributed by atoms with van der Waals surface area (Å²) in [5.41, 5.74) is 6.62. The van der Waals surface area contributed by atoms with Crippen LogP contribution in [0.25, 0.3) is 0 Å². The van der Waals surface area contributed by atoms with Crippen molar-refractivity contribution in [3.8, 4) is 0 Å². The van der Waals surface area contributed by atoms with E-state index >= 15 is 0 Å². The third-order valence-corrected chi connectivity index (χ3v) is 4.07. The molecule has 0 bridgehead atoms. The molecular formula is C12H18FNOS. The Morgan fingerprint density at radius 2 is 2.12 bits per heavy atom. The zero-order valence-corrected chi connectivity index (χ0v) is 10.5. The number of nitrogen functional groups attached to an aromatic ring is 1. The van der Waals surface area contributed by atoms with Gasteiger partial charge in [-0.1, -0.05) is 20.3 Å². The van der Waals surface area contributed by atoms with Gasteiger partial charge in [-0.05, 0) is 29.7 Å². The van der Waals surface area contributed by atoms with Gasteiger partial charge in [0.2, 0.25) is 0 Å². The minimum Gasteiger partial charge on any atom is -0.399 e. The van der Waals surface area contributed by atoms with Crippen LogP contribution in [0.2, 0.25) is 0 Å². The molecule has 0 aromatic heterocycles. The van der Waals surface area contributed by atoms with Crippen LogP contribution in [0.3, 0.4) is 0 Å². The van der Waals surface area contributed by atoms with E-state index in [9.17, 15) is 8.60 Å². The van der Waals surface area contributed by atoms with E-state index in [1.807, 2.05) is 0 Å². The molecule has 0 fully saturated rings. The molecule has 1 aromatic carbocycles. The largest absolute Gasteiger partial charge is 0.399 e. The average molecular weight is 243 g/mol. The van der Waals surface area contributed by atoms with E-state index in [1.54, 1.807) is 6.07 Å². The van der Waals surface area contributed by atoms with Crippen LogP contribution in [-0.2, 0) is 16.6 Å². The van der Waals surface area contributed by atoms with Crippen molar-refractivity contribution in [1.29, 1.82) is 0 Å². The normalized spacial score (nSPS) is 14.7. The molecule has 1 rings (SSSR count). The van der Waals surface area contributed by atoms with Gasteiger partial charge in [-0.3, -0.25) is 4.21 Å². The summed E-state index contributed by atoms with van der Waals surface area (Å²) in [4.78, 5) is 0. The van der Waals surface area contributed by atoms with Crippen molar-refractivity contribution in [3.05, 3.63) is 29.6 Å². The highest BCUT2D eigenvalue weighted by molar-refractivity contribution is 7.84. The molecule has 1 aromatic rings. The molecule has 0 spiro atoms. The molecule has 2 nitrogen and oxygen atoms in total. The zero-order chi connectivity index (χ0) is 12.1. The van der Waals surface area contributed by atoms with Gasteiger partial charge in [0.25, 0.3) is 0 Å². The zero-order valence-electron chi connectivity index (χ0n) is 9.70. The lowest BCUT2D eigenvalue weighted by atomic mass is 10.2. The van der Waals surface area contributed by atoms with Crippen LogP contribution >= 0.6 is 0 Å². The molecule has 0 amide bonds. The number of benzene rings is 1. The first-order chi connectivity index (χ1) is 7.51. The number of halogens is 1. The highest BCUT2D eigenvalue weighted by Gasteiger charge is 2.08. The van der Waals surface area contributed by atoms with Crippen molar-refractivity contribution in [1.82, 2.24) is 0 Å². The van der Waals surface area contributed by atoms with Gasteiger partial charge in [0, 0.05) is 28.0 Å². The third-order valence-electron chi connectivity index (χ3n) is 2.47. The molecule has 0 saturated heterocycles. The maximum atomic E-state index is 13.0. The van der Waals surface area contributed by atoms with E-state index in [2.05, 4.69) is 13.8 Å². The molecule has 2 unspecified atom stereocenters. The Morgan fingerprint density at radius 1 is 1.44 bits per heavy atom. The Labute approximate surface area is 98.5 Å². The monoisotopic (exact) mass is 243 g/mol. The molecule has 2 atom stereocenters. The molecule has 4 heteroatoms. The lowest BCUT2D eigenvalue weighted by Crippen LogP contribution is -2.09. The lowest BCUT2D eigenvalue weighted by molar-refractivity contribution is 0.614. The quantitative estimate of drug-likeness (QED) is 0.808. The number of nitrogens with two attached hydrogens (primary N) is 1. The van der Waals surface area contributed by atoms with Gasteiger partial charge in [-0.25, -0.2) is 4.39 Å². The molecular weight excluding hydrogens is 225 g/mol. The second kappa shape index (κ2) is 5.99. The van der Waals surface area contributed by atoms with Crippen molar-refractivity contribution >= 4 is 16.5 Å². The Kier molecular flexibility index (Phi) is 4.93. The summed E-state index contributed by atoms with van der Waals surface area (Å²) in [6.07, 6.45) is 1.01. The van der Waals surface area contributed by atoms with Crippen molar-refractivity contribution in [2.24, 2.45) is 5.92 Å². The summed E-state index contributed by atoms with van der Waals surface area (Å²) in [5, 5.41) is 0. The van der Waals surface area contributed by atoms with Crippen LogP contribution in [-0.4, -0.2) is 9.96 Å². The van der Waals surface area contributed by atoms with Crippen molar-refractivity contribution in [3.63, 3.8) is 0 Å². The number of hydrogen-bond donors (Lipinski definition) is 1. The lowest BCUT2D eigenvalue weighted by Gasteiger charge is -2.08. The molecule has 0 heterocycles. The van der Waals surface area contributed by atoms with Crippen LogP contribution < -0.4 is 5.73 Å². The smallest absolute Gasteiger partial charge is 0.125 e. The number of anilines is 1. The SMILES string of the molecule is CCC(C)CS(=O)Cc1cc(N)cc(F)c1. The second-order valence-electron chi connectivity index (χ2n) is 4.16. The fourth-order valence-electron chi connectivity index (χ4n) is 1.44. The van der Waals surface area contributed by atoms with E-state index in [4.69, 9.17) is 5.73 Å². The molecule has 90 valence electrons. The first-order valence-electron chi connectivity index (χ1n) is 5.41. The predicted octanol–water partition coefficient (Wildman–Crippen LogP) is 2.70. The maximum Gasteiger partial charge on any atom is 0.125 e. The van der Waals surface area contributed by atoms with Crippen LogP contribution in [0.5, 0.6) is 0 Å². The standard InChI is InChI=1S/C12H18FNOS/c1-3-9(2)7-16(15)8-10-4-11(13)6-12(14)5-10/h4-6,9H,3,7-8,14H2,1-2H3. The minimum atomic E-state index is -0.940. The van der Waals surface area contributed by atoms with Gasteiger partial charge in [-0.15, -0.1) is 0 Å². The summed E-state index contributed by atoms with van der Waals surface area (Å²) >= 11 is 0. The highest BCUT2D eigenvalue weighted by Crippen LogP contribution is 2.14. The van der Waals surface area contributed by atoms with Crippen molar-refractivity contribution in [2.45, 2.75) is 26.0 Å². The summed E-state index contributed by atoms with van der Waals surface area (Å²) in [6, 6.07) is 4.34. The molecule has 0 aliphatic rings. The Morgan fingerprint density at radius 3 is 2.69 bits per heavy atom. The third kappa shape index (κ3) is 4.31. The average Bonchev–Trinajstić information content (AvgIpc) is 2.15. The topological polar surface area (TPSA) is 43.1 Å². The van der Waals surface area contributed by atoms with Crippen molar-refractivity contribution in [2.75, 3.05) is 11.5 Å². The molecule has 0 aliphatic carbocycles. The van der Waals surface area contributed by atoms with E-state index in [0.717, 1.165) is 6.42 Å². The van der Waals surface area contributed by atoms with E-state index in [-0.39, 0.29) is 5.82 Å². The predicted molar refractivity (Wildman–Crippen MR) is 67.0 cm³/mol. The molecule has 2 N–H and O–H groups in total. The van der Waals surface area contributed by atoms with Crippen LogP contribution in [0.15, 0.2) is 18.2 Å². The fourth-order valence-corrected chi connectivity index (χ4v) is 2.97. The van der Waals surface area contributed by atoms with E-state index in [0.29, 0.717) is 28.7 Å². The Bertz CT molecular complexity index is 361. The van der Waals surface area contributed by atoms with Crippen molar-refractivity contribution < 1.29 is 8.60 Å². The first-order valence-corrected chi connectivity index (χ1v) is 6.90. The molecule has 0 saturated carbocycles. The van der Waals surface area contributed by atoms with Crippen LogP contribution in [0, 0.1) is 11.7 Å². The number of hydrogen-bond acceptors (Lipinski definition) is 2. The van der Waals surface area contributed by atoms with E-state index in [1.165, 1.54) is 12.1 Å². The summed E-state index contributed by atoms with van der Waals surface area (Å²) in [5.74, 6) is 1.11. The van der Waals surface area contributed by atoms with Gasteiger partial charge in [0.1, 0.15) is 5.82 Å². The first kappa shape index (κ1) is 13.2. The molecule has 0 radical (unpaired) electrons. The summed E-state index contributed by atoms with van der Waals surface area (Å²) < 4.78 is 24.8. The van der Waals surface area contributed by atoms with Gasteiger partial charge in [-0.2, -0.15) is 0 Å². The van der Waals surface area contributed by atoms with Gasteiger partial charge in [0.15, 0.2) is 0 Å². The summed E-state index contributed by atoms with van der Waals surface area (Å²) in [7, 11) is -0.940. The second-order valence-corrected chi connectivity index (χ2v) is 5.66.